The lowest BCUT2D eigenvalue weighted by Crippen LogP contribution is -2.36. The van der Waals surface area contributed by atoms with E-state index in [0.29, 0.717) is 18.9 Å². The van der Waals surface area contributed by atoms with Gasteiger partial charge in [-0.25, -0.2) is 4.98 Å². The number of hydrogen-bond acceptors (Lipinski definition) is 3. The Morgan fingerprint density at radius 1 is 1.22 bits per heavy atom. The van der Waals surface area contributed by atoms with E-state index in [9.17, 15) is 4.79 Å². The summed E-state index contributed by atoms with van der Waals surface area (Å²) in [5.74, 6) is 0.815. The number of carbonyl (C=O) groups excluding carboxylic acids is 1. The van der Waals surface area contributed by atoms with Gasteiger partial charge in [-0.05, 0) is 35.2 Å². The van der Waals surface area contributed by atoms with E-state index in [1.807, 2.05) is 36.1 Å². The number of rotatable bonds is 2. The number of fused-ring (bicyclic) bond motifs is 2. The highest BCUT2D eigenvalue weighted by molar-refractivity contribution is 5.81. The summed E-state index contributed by atoms with van der Waals surface area (Å²) in [6.07, 6.45) is 1.34. The second-order valence-corrected chi connectivity index (χ2v) is 6.05. The maximum atomic E-state index is 12.6. The van der Waals surface area contributed by atoms with Crippen molar-refractivity contribution in [2.45, 2.75) is 26.3 Å². The second-order valence-electron chi connectivity index (χ2n) is 6.05. The average Bonchev–Trinajstić information content (AvgIpc) is 2.93. The van der Waals surface area contributed by atoms with Gasteiger partial charge < -0.3 is 9.32 Å². The monoisotopic (exact) mass is 306 g/mol. The van der Waals surface area contributed by atoms with Crippen molar-refractivity contribution in [2.24, 2.45) is 0 Å². The molecule has 1 amide bonds. The molecule has 1 aromatic heterocycles. The van der Waals surface area contributed by atoms with E-state index < -0.39 is 0 Å². The number of nitrogens with zero attached hydrogens (tertiary/aromatic N) is 2. The van der Waals surface area contributed by atoms with Crippen molar-refractivity contribution in [3.05, 3.63) is 65.0 Å². The molecule has 0 aliphatic carbocycles. The molecule has 1 aliphatic heterocycles. The standard InChI is InChI=1S/C19H18N2O2/c1-13-20-17-10-14(6-7-18(17)23-13)11-19(22)21-9-8-15-4-2-3-5-16(15)12-21/h2-7,10H,8-9,11-12H2,1H3. The summed E-state index contributed by atoms with van der Waals surface area (Å²) < 4.78 is 5.48. The van der Waals surface area contributed by atoms with Gasteiger partial charge in [0.2, 0.25) is 5.91 Å². The first-order valence-electron chi connectivity index (χ1n) is 7.90. The third-order valence-corrected chi connectivity index (χ3v) is 4.40. The van der Waals surface area contributed by atoms with Crippen LogP contribution in [0.2, 0.25) is 0 Å². The molecule has 2 aromatic carbocycles. The van der Waals surface area contributed by atoms with Crippen LogP contribution in [0.5, 0.6) is 0 Å². The molecule has 0 atom stereocenters. The van der Waals surface area contributed by atoms with Gasteiger partial charge in [0.1, 0.15) is 5.52 Å². The fourth-order valence-corrected chi connectivity index (χ4v) is 3.19. The topological polar surface area (TPSA) is 46.3 Å². The van der Waals surface area contributed by atoms with Crippen molar-refractivity contribution < 1.29 is 9.21 Å². The van der Waals surface area contributed by atoms with Crippen LogP contribution in [-0.2, 0) is 24.2 Å². The molecule has 0 saturated heterocycles. The zero-order valence-corrected chi connectivity index (χ0v) is 13.1. The zero-order chi connectivity index (χ0) is 15.8. The van der Waals surface area contributed by atoms with Crippen LogP contribution in [0.1, 0.15) is 22.6 Å². The molecule has 4 heteroatoms. The summed E-state index contributed by atoms with van der Waals surface area (Å²) in [5.41, 5.74) is 5.18. The van der Waals surface area contributed by atoms with E-state index in [1.54, 1.807) is 0 Å². The third kappa shape index (κ3) is 2.72. The largest absolute Gasteiger partial charge is 0.441 e. The van der Waals surface area contributed by atoms with Crippen molar-refractivity contribution >= 4 is 17.0 Å². The minimum Gasteiger partial charge on any atom is -0.441 e. The number of aryl methyl sites for hydroxylation is 1. The summed E-state index contributed by atoms with van der Waals surface area (Å²) in [7, 11) is 0. The van der Waals surface area contributed by atoms with Crippen LogP contribution >= 0.6 is 0 Å². The molecule has 0 N–H and O–H groups in total. The van der Waals surface area contributed by atoms with Crippen LogP contribution in [0, 0.1) is 6.92 Å². The van der Waals surface area contributed by atoms with Crippen molar-refractivity contribution in [1.82, 2.24) is 9.88 Å². The van der Waals surface area contributed by atoms with Gasteiger partial charge in [-0.3, -0.25) is 4.79 Å². The molecule has 3 aromatic rings. The number of amides is 1. The number of oxazole rings is 1. The Kier molecular flexibility index (Phi) is 3.37. The summed E-state index contributed by atoms with van der Waals surface area (Å²) in [5, 5.41) is 0. The highest BCUT2D eigenvalue weighted by Gasteiger charge is 2.20. The Morgan fingerprint density at radius 2 is 2.04 bits per heavy atom. The molecule has 4 rings (SSSR count). The summed E-state index contributed by atoms with van der Waals surface area (Å²) in [4.78, 5) is 18.9. The molecule has 116 valence electrons. The SMILES string of the molecule is Cc1nc2cc(CC(=O)N3CCc4ccccc4C3)ccc2o1. The van der Waals surface area contributed by atoms with E-state index in [4.69, 9.17) is 4.42 Å². The van der Waals surface area contributed by atoms with Gasteiger partial charge in [0.25, 0.3) is 0 Å². The van der Waals surface area contributed by atoms with Crippen molar-refractivity contribution in [3.63, 3.8) is 0 Å². The summed E-state index contributed by atoms with van der Waals surface area (Å²) in [6, 6.07) is 14.1. The molecule has 0 saturated carbocycles. The van der Waals surface area contributed by atoms with Gasteiger partial charge in [-0.15, -0.1) is 0 Å². The normalized spacial score (nSPS) is 14.0. The molecule has 0 radical (unpaired) electrons. The second kappa shape index (κ2) is 5.54. The minimum absolute atomic E-state index is 0.166. The Hall–Kier alpha value is -2.62. The van der Waals surface area contributed by atoms with Gasteiger partial charge in [0, 0.05) is 20.0 Å². The zero-order valence-electron chi connectivity index (χ0n) is 13.1. The quantitative estimate of drug-likeness (QED) is 0.730. The molecule has 0 fully saturated rings. The maximum Gasteiger partial charge on any atom is 0.227 e. The molecular formula is C19H18N2O2. The van der Waals surface area contributed by atoms with E-state index in [0.717, 1.165) is 29.6 Å². The van der Waals surface area contributed by atoms with Crippen molar-refractivity contribution in [2.75, 3.05) is 6.54 Å². The summed E-state index contributed by atoms with van der Waals surface area (Å²) in [6.45, 7) is 3.33. The molecule has 0 bridgehead atoms. The van der Waals surface area contributed by atoms with Crippen LogP contribution in [0.4, 0.5) is 0 Å². The molecule has 0 spiro atoms. The smallest absolute Gasteiger partial charge is 0.227 e. The predicted octanol–water partition coefficient (Wildman–Crippen LogP) is 3.26. The first-order chi connectivity index (χ1) is 11.2. The fraction of sp³-hybridized carbons (Fsp3) is 0.263. The molecule has 1 aliphatic rings. The van der Waals surface area contributed by atoms with Crippen LogP contribution in [-0.4, -0.2) is 22.3 Å². The van der Waals surface area contributed by atoms with E-state index in [1.165, 1.54) is 11.1 Å². The molecule has 4 nitrogen and oxygen atoms in total. The lowest BCUT2D eigenvalue weighted by atomic mass is 9.99. The van der Waals surface area contributed by atoms with Gasteiger partial charge >= 0.3 is 0 Å². The lowest BCUT2D eigenvalue weighted by Gasteiger charge is -2.29. The molecule has 23 heavy (non-hydrogen) atoms. The third-order valence-electron chi connectivity index (χ3n) is 4.40. The number of benzene rings is 2. The van der Waals surface area contributed by atoms with Crippen LogP contribution in [0.3, 0.4) is 0 Å². The average molecular weight is 306 g/mol. The van der Waals surface area contributed by atoms with Gasteiger partial charge in [0.05, 0.1) is 6.42 Å². The first kappa shape index (κ1) is 14.0. The van der Waals surface area contributed by atoms with E-state index in [-0.39, 0.29) is 5.91 Å². The van der Waals surface area contributed by atoms with E-state index in [2.05, 4.69) is 23.2 Å². The predicted molar refractivity (Wildman–Crippen MR) is 88.0 cm³/mol. The fourth-order valence-electron chi connectivity index (χ4n) is 3.19. The molecule has 2 heterocycles. The van der Waals surface area contributed by atoms with Gasteiger partial charge in [0.15, 0.2) is 11.5 Å². The van der Waals surface area contributed by atoms with Gasteiger partial charge in [-0.2, -0.15) is 0 Å². The van der Waals surface area contributed by atoms with Crippen LogP contribution in [0.25, 0.3) is 11.1 Å². The van der Waals surface area contributed by atoms with Crippen LogP contribution in [0.15, 0.2) is 46.9 Å². The highest BCUT2D eigenvalue weighted by atomic mass is 16.3. The minimum atomic E-state index is 0.166. The van der Waals surface area contributed by atoms with Crippen molar-refractivity contribution in [1.29, 1.82) is 0 Å². The Labute approximate surface area is 134 Å². The first-order valence-corrected chi connectivity index (χ1v) is 7.90. The number of hydrogen-bond donors (Lipinski definition) is 0. The number of aromatic nitrogens is 1. The molecule has 0 unspecified atom stereocenters. The van der Waals surface area contributed by atoms with Gasteiger partial charge in [-0.1, -0.05) is 30.3 Å². The maximum absolute atomic E-state index is 12.6. The van der Waals surface area contributed by atoms with Crippen LogP contribution < -0.4 is 0 Å². The lowest BCUT2D eigenvalue weighted by molar-refractivity contribution is -0.131. The molecular weight excluding hydrogens is 288 g/mol. The van der Waals surface area contributed by atoms with Crippen molar-refractivity contribution in [3.8, 4) is 0 Å². The summed E-state index contributed by atoms with van der Waals surface area (Å²) >= 11 is 0. The van der Waals surface area contributed by atoms with E-state index >= 15 is 0 Å². The Morgan fingerprint density at radius 3 is 2.91 bits per heavy atom. The Bertz CT molecular complexity index is 882. The number of carbonyl (C=O) groups is 1. The highest BCUT2D eigenvalue weighted by Crippen LogP contribution is 2.21. The Balaban J connectivity index is 1.51.